The molecular weight excluding hydrogens is 646 g/mol. The first-order valence-corrected chi connectivity index (χ1v) is 18.1. The van der Waals surface area contributed by atoms with Gasteiger partial charge < -0.3 is 30.3 Å². The molecule has 2 heterocycles. The van der Waals surface area contributed by atoms with E-state index in [0.717, 1.165) is 56.4 Å². The fourth-order valence-electron chi connectivity index (χ4n) is 6.52. The first-order valence-electron chi connectivity index (χ1n) is 18.1. The number of benzene rings is 3. The van der Waals surface area contributed by atoms with Crippen LogP contribution in [0.15, 0.2) is 78.9 Å². The summed E-state index contributed by atoms with van der Waals surface area (Å²) in [6.07, 6.45) is 3.98. The Kier molecular flexibility index (Phi) is 14.0. The van der Waals surface area contributed by atoms with Gasteiger partial charge in [-0.25, -0.2) is 0 Å². The van der Waals surface area contributed by atoms with E-state index in [2.05, 4.69) is 39.9 Å². The highest BCUT2D eigenvalue weighted by molar-refractivity contribution is 6.01. The zero-order valence-corrected chi connectivity index (χ0v) is 29.8. The highest BCUT2D eigenvalue weighted by Crippen LogP contribution is 2.20. The quantitative estimate of drug-likeness (QED) is 0.278. The number of piperidine rings is 1. The van der Waals surface area contributed by atoms with E-state index in [1.165, 1.54) is 5.56 Å². The third kappa shape index (κ3) is 11.1. The maximum absolute atomic E-state index is 14.0. The second-order valence-corrected chi connectivity index (χ2v) is 13.3. The van der Waals surface area contributed by atoms with Crippen molar-refractivity contribution in [2.24, 2.45) is 0 Å². The standard InChI is InChI=1S/C40H51N5O6/c1-3-4-20-45-23-24-51-36-13-9-8-12-33(36)38(47)43-34(26-37(46)42-35(40(45)49)25-29-10-6-5-7-11-29)39(48)41-27-30-14-16-31(17-15-30)28-44-21-18-32(50-2)19-22-44/h5-17,32,34-35H,3-4,18-28H2,1-2H3,(H,41,48)(H,42,46)(H,43,47)/t34-,35-/m0/s1. The minimum absolute atomic E-state index is 0.154. The van der Waals surface area contributed by atoms with E-state index in [-0.39, 0.29) is 44.0 Å². The Balaban J connectivity index is 1.31. The molecule has 3 N–H and O–H groups in total. The number of para-hydroxylation sites is 1. The van der Waals surface area contributed by atoms with Gasteiger partial charge in [0.2, 0.25) is 17.7 Å². The molecule has 3 aromatic rings. The van der Waals surface area contributed by atoms with E-state index in [1.54, 1.807) is 36.3 Å². The Morgan fingerprint density at radius 2 is 1.59 bits per heavy atom. The van der Waals surface area contributed by atoms with Gasteiger partial charge in [0.05, 0.1) is 24.6 Å². The molecule has 0 bridgehead atoms. The molecule has 0 radical (unpaired) electrons. The normalized spacial score (nSPS) is 19.6. The lowest BCUT2D eigenvalue weighted by atomic mass is 10.0. The van der Waals surface area contributed by atoms with E-state index >= 15 is 0 Å². The van der Waals surface area contributed by atoms with Crippen LogP contribution in [0.5, 0.6) is 5.75 Å². The average molecular weight is 698 g/mol. The Bertz CT molecular complexity index is 1590. The molecule has 0 unspecified atom stereocenters. The second-order valence-electron chi connectivity index (χ2n) is 13.3. The van der Waals surface area contributed by atoms with Crippen LogP contribution < -0.4 is 20.7 Å². The number of carbonyl (C=O) groups is 4. The van der Waals surface area contributed by atoms with Gasteiger partial charge in [0.1, 0.15) is 24.4 Å². The van der Waals surface area contributed by atoms with E-state index in [9.17, 15) is 19.2 Å². The van der Waals surface area contributed by atoms with Gasteiger partial charge in [0, 0.05) is 46.3 Å². The molecule has 0 aromatic heterocycles. The molecule has 2 atom stereocenters. The minimum Gasteiger partial charge on any atom is -0.491 e. The Morgan fingerprint density at radius 1 is 0.882 bits per heavy atom. The fourth-order valence-corrected chi connectivity index (χ4v) is 6.52. The minimum atomic E-state index is -1.20. The summed E-state index contributed by atoms with van der Waals surface area (Å²) in [6, 6.07) is 22.3. The third-order valence-electron chi connectivity index (χ3n) is 9.53. The number of rotatable bonds is 11. The summed E-state index contributed by atoms with van der Waals surface area (Å²) in [4.78, 5) is 59.0. The van der Waals surface area contributed by atoms with Gasteiger partial charge in [0.15, 0.2) is 0 Å². The number of unbranched alkanes of at least 4 members (excludes halogenated alkanes) is 1. The SMILES string of the molecule is CCCCN1CCOc2ccccc2C(=O)N[C@H](C(=O)NCc2ccc(CN3CCC(OC)CC3)cc2)CC(=O)N[C@@H](Cc2ccccc2)C1=O. The van der Waals surface area contributed by atoms with Crippen molar-refractivity contribution in [3.63, 3.8) is 0 Å². The molecule has 1 fully saturated rings. The van der Waals surface area contributed by atoms with Crippen LogP contribution in [0.3, 0.4) is 0 Å². The van der Waals surface area contributed by atoms with E-state index in [1.807, 2.05) is 42.5 Å². The summed E-state index contributed by atoms with van der Waals surface area (Å²) >= 11 is 0. The molecule has 11 heteroatoms. The van der Waals surface area contributed by atoms with Gasteiger partial charge in [0.25, 0.3) is 5.91 Å². The molecule has 11 nitrogen and oxygen atoms in total. The van der Waals surface area contributed by atoms with Crippen LogP contribution in [0.2, 0.25) is 0 Å². The van der Waals surface area contributed by atoms with E-state index < -0.39 is 29.8 Å². The topological polar surface area (TPSA) is 129 Å². The number of nitrogens with zero attached hydrogens (tertiary/aromatic N) is 2. The van der Waals surface area contributed by atoms with E-state index in [4.69, 9.17) is 9.47 Å². The van der Waals surface area contributed by atoms with Crippen molar-refractivity contribution < 1.29 is 28.7 Å². The van der Waals surface area contributed by atoms with Gasteiger partial charge in [-0.1, -0.05) is 80.1 Å². The number of methoxy groups -OCH3 is 1. The van der Waals surface area contributed by atoms with Crippen molar-refractivity contribution in [3.8, 4) is 5.75 Å². The first kappa shape index (κ1) is 37.5. The Morgan fingerprint density at radius 3 is 2.31 bits per heavy atom. The zero-order chi connectivity index (χ0) is 36.0. The van der Waals surface area contributed by atoms with Crippen LogP contribution in [0.25, 0.3) is 0 Å². The van der Waals surface area contributed by atoms with Crippen molar-refractivity contribution in [1.29, 1.82) is 0 Å². The molecule has 1 saturated heterocycles. The molecule has 51 heavy (non-hydrogen) atoms. The Labute approximate surface area is 301 Å². The number of hydrogen-bond acceptors (Lipinski definition) is 7. The highest BCUT2D eigenvalue weighted by Gasteiger charge is 2.31. The van der Waals surface area contributed by atoms with E-state index in [0.29, 0.717) is 18.4 Å². The summed E-state index contributed by atoms with van der Waals surface area (Å²) in [5.74, 6) is -1.44. The second kappa shape index (κ2) is 19.0. The number of ether oxygens (including phenoxy) is 2. The predicted molar refractivity (Wildman–Crippen MR) is 195 cm³/mol. The summed E-state index contributed by atoms with van der Waals surface area (Å²) in [5, 5.41) is 8.57. The highest BCUT2D eigenvalue weighted by atomic mass is 16.5. The largest absolute Gasteiger partial charge is 0.491 e. The monoisotopic (exact) mass is 697 g/mol. The van der Waals surface area contributed by atoms with Crippen LogP contribution in [-0.4, -0.2) is 91.5 Å². The summed E-state index contributed by atoms with van der Waals surface area (Å²) in [5.41, 5.74) is 3.20. The molecule has 0 saturated carbocycles. The molecule has 0 aliphatic carbocycles. The van der Waals surface area contributed by atoms with Crippen molar-refractivity contribution in [2.75, 3.05) is 39.9 Å². The summed E-state index contributed by atoms with van der Waals surface area (Å²) in [7, 11) is 1.77. The van der Waals surface area contributed by atoms with Gasteiger partial charge in [-0.3, -0.25) is 24.1 Å². The molecular formula is C40H51N5O6. The maximum atomic E-state index is 14.0. The van der Waals surface area contributed by atoms with Crippen LogP contribution >= 0.6 is 0 Å². The Hall–Kier alpha value is -4.74. The molecule has 3 aromatic carbocycles. The summed E-state index contributed by atoms with van der Waals surface area (Å²) < 4.78 is 11.5. The number of fused-ring (bicyclic) bond motifs is 1. The smallest absolute Gasteiger partial charge is 0.255 e. The molecule has 4 amide bonds. The van der Waals surface area contributed by atoms with Crippen LogP contribution in [0.1, 0.15) is 66.1 Å². The van der Waals surface area contributed by atoms with Crippen LogP contribution in [0, 0.1) is 0 Å². The van der Waals surface area contributed by atoms with Gasteiger partial charge in [-0.15, -0.1) is 0 Å². The number of carbonyl (C=O) groups excluding carboxylic acids is 4. The predicted octanol–water partition coefficient (Wildman–Crippen LogP) is 3.85. The lowest BCUT2D eigenvalue weighted by Gasteiger charge is -2.31. The molecule has 2 aliphatic heterocycles. The molecule has 272 valence electrons. The molecule has 2 aliphatic rings. The van der Waals surface area contributed by atoms with Crippen molar-refractivity contribution in [3.05, 3.63) is 101 Å². The molecule has 5 rings (SSSR count). The van der Waals surface area contributed by atoms with Gasteiger partial charge in [-0.2, -0.15) is 0 Å². The lowest BCUT2D eigenvalue weighted by molar-refractivity contribution is -0.137. The van der Waals surface area contributed by atoms with Gasteiger partial charge >= 0.3 is 0 Å². The van der Waals surface area contributed by atoms with Crippen LogP contribution in [-0.2, 0) is 38.6 Å². The van der Waals surface area contributed by atoms with Gasteiger partial charge in [-0.05, 0) is 48.1 Å². The average Bonchev–Trinajstić information content (AvgIpc) is 3.15. The maximum Gasteiger partial charge on any atom is 0.255 e. The first-order chi connectivity index (χ1) is 24.8. The van der Waals surface area contributed by atoms with Crippen molar-refractivity contribution >= 4 is 23.6 Å². The van der Waals surface area contributed by atoms with Crippen LogP contribution in [0.4, 0.5) is 0 Å². The molecule has 0 spiro atoms. The van der Waals surface area contributed by atoms with Crippen molar-refractivity contribution in [1.82, 2.24) is 25.8 Å². The lowest BCUT2D eigenvalue weighted by Crippen LogP contribution is -2.54. The zero-order valence-electron chi connectivity index (χ0n) is 29.8. The third-order valence-corrected chi connectivity index (χ3v) is 9.53. The summed E-state index contributed by atoms with van der Waals surface area (Å²) in [6.45, 7) is 6.04. The fraction of sp³-hybridized carbons (Fsp3) is 0.450. The van der Waals surface area contributed by atoms with Crippen molar-refractivity contribution in [2.45, 2.75) is 76.7 Å². The number of nitrogens with one attached hydrogen (secondary N) is 3. The number of likely N-dealkylation sites (tertiary alicyclic amines) is 1. The number of hydrogen-bond donors (Lipinski definition) is 3. The number of amides is 4.